The largest absolute Gasteiger partial charge is 0.351 e. The van der Waals surface area contributed by atoms with Crippen molar-refractivity contribution in [2.45, 2.75) is 65.5 Å². The normalized spacial score (nSPS) is 21.0. The van der Waals surface area contributed by atoms with Crippen LogP contribution in [0.5, 0.6) is 0 Å². The van der Waals surface area contributed by atoms with Crippen LogP contribution in [0.2, 0.25) is 0 Å². The molecule has 0 aromatic carbocycles. The SMILES string of the molecule is CC(C)(C)NC(=O)CN1CCCC(C(=O)NC(C)(C)C)C1. The molecule has 1 atom stereocenters. The molecule has 1 aliphatic rings. The molecule has 0 bridgehead atoms. The van der Waals surface area contributed by atoms with Gasteiger partial charge >= 0.3 is 0 Å². The summed E-state index contributed by atoms with van der Waals surface area (Å²) < 4.78 is 0. The highest BCUT2D eigenvalue weighted by Crippen LogP contribution is 2.17. The number of hydrogen-bond acceptors (Lipinski definition) is 3. The van der Waals surface area contributed by atoms with Gasteiger partial charge in [-0.15, -0.1) is 0 Å². The van der Waals surface area contributed by atoms with Crippen LogP contribution >= 0.6 is 0 Å². The highest BCUT2D eigenvalue weighted by molar-refractivity contribution is 5.80. The monoisotopic (exact) mass is 297 g/mol. The smallest absolute Gasteiger partial charge is 0.234 e. The van der Waals surface area contributed by atoms with Gasteiger partial charge in [-0.25, -0.2) is 0 Å². The number of nitrogens with one attached hydrogen (secondary N) is 2. The Labute approximate surface area is 128 Å². The molecule has 0 aromatic rings. The fraction of sp³-hybridized carbons (Fsp3) is 0.875. The summed E-state index contributed by atoms with van der Waals surface area (Å²) in [7, 11) is 0. The maximum absolute atomic E-state index is 12.2. The lowest BCUT2D eigenvalue weighted by atomic mass is 9.95. The van der Waals surface area contributed by atoms with Gasteiger partial charge in [0.1, 0.15) is 0 Å². The quantitative estimate of drug-likeness (QED) is 0.830. The Morgan fingerprint density at radius 2 is 1.62 bits per heavy atom. The summed E-state index contributed by atoms with van der Waals surface area (Å²) in [6.07, 6.45) is 1.87. The minimum Gasteiger partial charge on any atom is -0.351 e. The average molecular weight is 297 g/mol. The molecule has 0 radical (unpaired) electrons. The Balaban J connectivity index is 2.49. The van der Waals surface area contributed by atoms with Crippen molar-refractivity contribution in [2.24, 2.45) is 5.92 Å². The zero-order valence-electron chi connectivity index (χ0n) is 14.4. The van der Waals surface area contributed by atoms with Crippen molar-refractivity contribution < 1.29 is 9.59 Å². The predicted molar refractivity (Wildman–Crippen MR) is 85.0 cm³/mol. The van der Waals surface area contributed by atoms with Gasteiger partial charge in [-0.1, -0.05) is 0 Å². The van der Waals surface area contributed by atoms with E-state index in [0.717, 1.165) is 19.4 Å². The van der Waals surface area contributed by atoms with Crippen LogP contribution in [0.3, 0.4) is 0 Å². The molecule has 1 saturated heterocycles. The lowest BCUT2D eigenvalue weighted by Crippen LogP contribution is -2.51. The molecule has 0 saturated carbocycles. The van der Waals surface area contributed by atoms with E-state index < -0.39 is 0 Å². The Bertz CT molecular complexity index is 380. The molecular weight excluding hydrogens is 266 g/mol. The number of carbonyl (C=O) groups excluding carboxylic acids is 2. The van der Waals surface area contributed by atoms with Crippen molar-refractivity contribution in [3.8, 4) is 0 Å². The summed E-state index contributed by atoms with van der Waals surface area (Å²) in [4.78, 5) is 26.3. The molecule has 0 aliphatic carbocycles. The molecule has 1 fully saturated rings. The first-order valence-electron chi connectivity index (χ1n) is 7.82. The summed E-state index contributed by atoms with van der Waals surface area (Å²) in [5.41, 5.74) is -0.418. The third-order valence-corrected chi connectivity index (χ3v) is 3.26. The lowest BCUT2D eigenvalue weighted by molar-refractivity contribution is -0.130. The second kappa shape index (κ2) is 6.77. The van der Waals surface area contributed by atoms with E-state index in [9.17, 15) is 9.59 Å². The maximum atomic E-state index is 12.2. The van der Waals surface area contributed by atoms with Gasteiger partial charge in [-0.05, 0) is 60.9 Å². The zero-order chi connectivity index (χ0) is 16.3. The molecule has 0 spiro atoms. The topological polar surface area (TPSA) is 61.4 Å². The van der Waals surface area contributed by atoms with Crippen LogP contribution in [0.1, 0.15) is 54.4 Å². The van der Waals surface area contributed by atoms with E-state index in [4.69, 9.17) is 0 Å². The molecule has 1 rings (SSSR count). The van der Waals surface area contributed by atoms with E-state index >= 15 is 0 Å². The van der Waals surface area contributed by atoms with E-state index in [-0.39, 0.29) is 28.8 Å². The number of rotatable bonds is 3. The molecule has 122 valence electrons. The first kappa shape index (κ1) is 18.0. The van der Waals surface area contributed by atoms with Gasteiger partial charge in [0.05, 0.1) is 12.5 Å². The highest BCUT2D eigenvalue weighted by atomic mass is 16.2. The van der Waals surface area contributed by atoms with Gasteiger partial charge in [-0.2, -0.15) is 0 Å². The molecule has 21 heavy (non-hydrogen) atoms. The van der Waals surface area contributed by atoms with Crippen LogP contribution in [0.4, 0.5) is 0 Å². The van der Waals surface area contributed by atoms with E-state index in [1.54, 1.807) is 0 Å². The zero-order valence-corrected chi connectivity index (χ0v) is 14.4. The Kier molecular flexibility index (Phi) is 5.79. The van der Waals surface area contributed by atoms with Crippen molar-refractivity contribution in [3.63, 3.8) is 0 Å². The molecule has 2 N–H and O–H groups in total. The third kappa shape index (κ3) is 7.46. The van der Waals surface area contributed by atoms with Crippen molar-refractivity contribution in [2.75, 3.05) is 19.6 Å². The van der Waals surface area contributed by atoms with E-state index in [1.165, 1.54) is 0 Å². The van der Waals surface area contributed by atoms with Crippen LogP contribution in [-0.4, -0.2) is 47.4 Å². The molecular formula is C16H31N3O2. The first-order chi connectivity index (χ1) is 9.46. The fourth-order valence-corrected chi connectivity index (χ4v) is 2.55. The first-order valence-corrected chi connectivity index (χ1v) is 7.82. The Morgan fingerprint density at radius 3 is 2.14 bits per heavy atom. The summed E-state index contributed by atoms with van der Waals surface area (Å²) in [6.45, 7) is 13.8. The third-order valence-electron chi connectivity index (χ3n) is 3.26. The predicted octanol–water partition coefficient (Wildman–Crippen LogP) is 1.53. The molecule has 0 aromatic heterocycles. The minimum atomic E-state index is -0.212. The van der Waals surface area contributed by atoms with Crippen LogP contribution in [0, 0.1) is 5.92 Å². The van der Waals surface area contributed by atoms with Gasteiger partial charge < -0.3 is 10.6 Å². The van der Waals surface area contributed by atoms with Crippen molar-refractivity contribution in [3.05, 3.63) is 0 Å². The summed E-state index contributed by atoms with van der Waals surface area (Å²) in [5, 5.41) is 6.00. The molecule has 2 amide bonds. The van der Waals surface area contributed by atoms with Crippen molar-refractivity contribution in [1.82, 2.24) is 15.5 Å². The summed E-state index contributed by atoms with van der Waals surface area (Å²) >= 11 is 0. The Morgan fingerprint density at radius 1 is 1.05 bits per heavy atom. The fourth-order valence-electron chi connectivity index (χ4n) is 2.55. The van der Waals surface area contributed by atoms with E-state index in [2.05, 4.69) is 15.5 Å². The summed E-state index contributed by atoms with van der Waals surface area (Å²) in [6, 6.07) is 0. The van der Waals surface area contributed by atoms with Crippen LogP contribution < -0.4 is 10.6 Å². The number of nitrogens with zero attached hydrogens (tertiary/aromatic N) is 1. The molecule has 1 heterocycles. The van der Waals surface area contributed by atoms with Crippen molar-refractivity contribution in [1.29, 1.82) is 0 Å². The molecule has 1 unspecified atom stereocenters. The van der Waals surface area contributed by atoms with Gasteiger partial charge in [0.2, 0.25) is 11.8 Å². The van der Waals surface area contributed by atoms with Crippen LogP contribution in [0.25, 0.3) is 0 Å². The Hall–Kier alpha value is -1.10. The summed E-state index contributed by atoms with van der Waals surface area (Å²) in [5.74, 6) is 0.114. The van der Waals surface area contributed by atoms with Crippen LogP contribution in [0.15, 0.2) is 0 Å². The van der Waals surface area contributed by atoms with Gasteiger partial charge in [0.25, 0.3) is 0 Å². The van der Waals surface area contributed by atoms with E-state index in [1.807, 2.05) is 41.5 Å². The van der Waals surface area contributed by atoms with Gasteiger partial charge in [0, 0.05) is 17.6 Å². The lowest BCUT2D eigenvalue weighted by Gasteiger charge is -2.34. The van der Waals surface area contributed by atoms with E-state index in [0.29, 0.717) is 13.1 Å². The number of carbonyl (C=O) groups is 2. The van der Waals surface area contributed by atoms with Gasteiger partial charge in [-0.3, -0.25) is 14.5 Å². The molecule has 5 heteroatoms. The highest BCUT2D eigenvalue weighted by Gasteiger charge is 2.29. The van der Waals surface area contributed by atoms with Crippen LogP contribution in [-0.2, 0) is 9.59 Å². The molecule has 5 nitrogen and oxygen atoms in total. The van der Waals surface area contributed by atoms with Crippen molar-refractivity contribution >= 4 is 11.8 Å². The standard InChI is InChI=1S/C16H31N3O2/c1-15(2,3)17-13(20)11-19-9-7-8-12(10-19)14(21)18-16(4,5)6/h12H,7-11H2,1-6H3,(H,17,20)(H,18,21). The number of amides is 2. The number of piperidine rings is 1. The average Bonchev–Trinajstić information content (AvgIpc) is 2.24. The second-order valence-corrected chi connectivity index (χ2v) is 8.11. The second-order valence-electron chi connectivity index (χ2n) is 8.11. The number of likely N-dealkylation sites (tertiary alicyclic amines) is 1. The number of hydrogen-bond donors (Lipinski definition) is 2. The van der Waals surface area contributed by atoms with Gasteiger partial charge in [0.15, 0.2) is 0 Å². The molecule has 1 aliphatic heterocycles. The minimum absolute atomic E-state index is 0.0135. The maximum Gasteiger partial charge on any atom is 0.234 e.